The molecule has 0 fully saturated rings. The molecule has 0 bridgehead atoms. The van der Waals surface area contributed by atoms with Crippen molar-refractivity contribution in [3.05, 3.63) is 0 Å². The first-order valence-electron chi connectivity index (χ1n) is 2.52. The van der Waals surface area contributed by atoms with Gasteiger partial charge >= 0.3 is 0 Å². The maximum atomic E-state index is 5.69. The fourth-order valence-corrected chi connectivity index (χ4v) is 1.31. The summed E-state index contributed by atoms with van der Waals surface area (Å²) in [5.41, 5.74) is 0. The Morgan fingerprint density at radius 2 is 2.00 bits per heavy atom. The van der Waals surface area contributed by atoms with E-state index in [0.717, 1.165) is 0 Å². The summed E-state index contributed by atoms with van der Waals surface area (Å²) in [5, 5.41) is 0. The van der Waals surface area contributed by atoms with Crippen LogP contribution in [0.15, 0.2) is 0 Å². The lowest BCUT2D eigenvalue weighted by Gasteiger charge is -2.07. The summed E-state index contributed by atoms with van der Waals surface area (Å²) >= 11 is 11.4. The van der Waals surface area contributed by atoms with E-state index in [9.17, 15) is 0 Å². The van der Waals surface area contributed by atoms with Crippen molar-refractivity contribution in [3.63, 3.8) is 0 Å². The van der Waals surface area contributed by atoms with E-state index in [4.69, 9.17) is 26.9 Å². The Balaban J connectivity index is 3.11. The van der Waals surface area contributed by atoms with Crippen molar-refractivity contribution >= 4 is 28.9 Å². The minimum absolute atomic E-state index is 0.534. The molecular weight excluding hydrogens is 163 g/mol. The van der Waals surface area contributed by atoms with E-state index in [1.54, 1.807) is 0 Å². The maximum absolute atomic E-state index is 5.69. The molecule has 0 spiro atoms. The third-order valence-electron chi connectivity index (χ3n) is 0.560. The molecule has 0 atom stereocenters. The molecule has 0 radical (unpaired) electrons. The molecule has 0 rings (SSSR count). The molecule has 0 unspecified atom stereocenters. The number of hydrogen-bond donors (Lipinski definition) is 0. The Hall–Kier alpha value is 0.757. The second kappa shape index (κ2) is 3.72. The number of hydrogen-bond acceptors (Lipinski definition) is 1. The van der Waals surface area contributed by atoms with E-state index >= 15 is 0 Å². The van der Waals surface area contributed by atoms with E-state index in [-0.39, 0.29) is 0 Å². The fourth-order valence-electron chi connectivity index (χ4n) is 0.281. The SMILES string of the molecule is CCOC[Si](C)(Cl)Cl. The lowest BCUT2D eigenvalue weighted by molar-refractivity contribution is 0.191. The van der Waals surface area contributed by atoms with Crippen LogP contribution >= 0.6 is 22.2 Å². The highest BCUT2D eigenvalue weighted by Crippen LogP contribution is 2.13. The summed E-state index contributed by atoms with van der Waals surface area (Å²) in [7, 11) is 0. The topological polar surface area (TPSA) is 9.23 Å². The van der Waals surface area contributed by atoms with Gasteiger partial charge in [-0.05, 0) is 13.5 Å². The van der Waals surface area contributed by atoms with Crippen molar-refractivity contribution in [2.45, 2.75) is 13.5 Å². The molecule has 0 aliphatic rings. The summed E-state index contributed by atoms with van der Waals surface area (Å²) in [6.45, 7) is 2.50. The molecule has 0 aromatic carbocycles. The number of halogens is 2. The molecule has 0 amide bonds. The van der Waals surface area contributed by atoms with Gasteiger partial charge in [0.05, 0.1) is 6.23 Å². The zero-order valence-corrected chi connectivity index (χ0v) is 7.59. The van der Waals surface area contributed by atoms with Crippen LogP contribution in [-0.4, -0.2) is 19.5 Å². The molecule has 50 valence electrons. The Morgan fingerprint density at radius 1 is 1.50 bits per heavy atom. The summed E-state index contributed by atoms with van der Waals surface area (Å²) in [4.78, 5) is 0. The van der Waals surface area contributed by atoms with Gasteiger partial charge in [-0.2, -0.15) is 0 Å². The van der Waals surface area contributed by atoms with Crippen LogP contribution in [0, 0.1) is 0 Å². The van der Waals surface area contributed by atoms with Crippen molar-refractivity contribution in [1.29, 1.82) is 0 Å². The van der Waals surface area contributed by atoms with Gasteiger partial charge in [0, 0.05) is 6.61 Å². The van der Waals surface area contributed by atoms with Crippen LogP contribution in [0.3, 0.4) is 0 Å². The highest BCUT2D eigenvalue weighted by Gasteiger charge is 2.20. The molecule has 4 heteroatoms. The Morgan fingerprint density at radius 3 is 2.12 bits per heavy atom. The van der Waals surface area contributed by atoms with Gasteiger partial charge in [0.25, 0.3) is 6.69 Å². The Kier molecular flexibility index (Phi) is 4.07. The smallest absolute Gasteiger partial charge is 0.273 e. The lowest BCUT2D eigenvalue weighted by Crippen LogP contribution is -2.22. The largest absolute Gasteiger partial charge is 0.382 e. The van der Waals surface area contributed by atoms with Crippen LogP contribution in [0.4, 0.5) is 0 Å². The predicted octanol–water partition coefficient (Wildman–Crippen LogP) is 2.11. The average Bonchev–Trinajstić information content (AvgIpc) is 1.59. The van der Waals surface area contributed by atoms with Gasteiger partial charge in [0.15, 0.2) is 0 Å². The van der Waals surface area contributed by atoms with Crippen molar-refractivity contribution in [2.24, 2.45) is 0 Å². The summed E-state index contributed by atoms with van der Waals surface area (Å²) in [5.74, 6) is 0. The fraction of sp³-hybridized carbons (Fsp3) is 1.00. The first-order valence-corrected chi connectivity index (χ1v) is 7.25. The number of rotatable bonds is 3. The van der Waals surface area contributed by atoms with E-state index in [2.05, 4.69) is 0 Å². The summed E-state index contributed by atoms with van der Waals surface area (Å²) in [6.07, 6.45) is 0.534. The highest BCUT2D eigenvalue weighted by atomic mass is 35.7. The molecule has 1 nitrogen and oxygen atoms in total. The average molecular weight is 173 g/mol. The standard InChI is InChI=1S/C4H10Cl2OSi/c1-3-7-4-8(2,5)6/h3-4H2,1-2H3. The van der Waals surface area contributed by atoms with Gasteiger partial charge in [-0.25, -0.2) is 0 Å². The molecule has 0 aromatic heterocycles. The molecule has 0 aliphatic heterocycles. The van der Waals surface area contributed by atoms with Crippen LogP contribution in [-0.2, 0) is 4.74 Å². The second-order valence-corrected chi connectivity index (χ2v) is 9.72. The van der Waals surface area contributed by atoms with Gasteiger partial charge in [-0.3, -0.25) is 0 Å². The molecule has 8 heavy (non-hydrogen) atoms. The van der Waals surface area contributed by atoms with E-state index in [1.807, 2.05) is 13.5 Å². The third kappa shape index (κ3) is 6.76. The third-order valence-corrected chi connectivity index (χ3v) is 1.93. The normalized spacial score (nSPS) is 12.0. The van der Waals surface area contributed by atoms with Gasteiger partial charge in [0.2, 0.25) is 0 Å². The maximum Gasteiger partial charge on any atom is 0.273 e. The highest BCUT2D eigenvalue weighted by molar-refractivity contribution is 7.44. The van der Waals surface area contributed by atoms with Crippen LogP contribution in [0.1, 0.15) is 6.92 Å². The van der Waals surface area contributed by atoms with Crippen molar-refractivity contribution < 1.29 is 4.74 Å². The molecule has 0 aliphatic carbocycles. The zero-order chi connectivity index (χ0) is 6.62. The first kappa shape index (κ1) is 8.76. The first-order chi connectivity index (χ1) is 3.56. The molecule has 0 aromatic rings. The van der Waals surface area contributed by atoms with Crippen LogP contribution < -0.4 is 0 Å². The second-order valence-electron chi connectivity index (χ2n) is 1.71. The molecule has 0 N–H and O–H groups in total. The molecule has 0 saturated carbocycles. The van der Waals surface area contributed by atoms with Gasteiger partial charge in [-0.1, -0.05) is 0 Å². The van der Waals surface area contributed by atoms with E-state index < -0.39 is 6.69 Å². The van der Waals surface area contributed by atoms with Crippen LogP contribution in [0.2, 0.25) is 6.55 Å². The van der Waals surface area contributed by atoms with Crippen LogP contribution in [0.25, 0.3) is 0 Å². The number of ether oxygens (including phenoxy) is 1. The molecular formula is C4H10Cl2OSi. The van der Waals surface area contributed by atoms with Crippen molar-refractivity contribution in [3.8, 4) is 0 Å². The summed E-state index contributed by atoms with van der Waals surface area (Å²) in [6, 6.07) is 0. The quantitative estimate of drug-likeness (QED) is 0.469. The van der Waals surface area contributed by atoms with Crippen molar-refractivity contribution in [2.75, 3.05) is 12.8 Å². The minimum atomic E-state index is -1.96. The van der Waals surface area contributed by atoms with Gasteiger partial charge < -0.3 is 4.74 Å². The van der Waals surface area contributed by atoms with Crippen molar-refractivity contribution in [1.82, 2.24) is 0 Å². The van der Waals surface area contributed by atoms with E-state index in [1.165, 1.54) is 0 Å². The Bertz CT molecular complexity index is 61.5. The monoisotopic (exact) mass is 172 g/mol. The van der Waals surface area contributed by atoms with Gasteiger partial charge in [0.1, 0.15) is 0 Å². The predicted molar refractivity (Wildman–Crippen MR) is 39.8 cm³/mol. The summed E-state index contributed by atoms with van der Waals surface area (Å²) < 4.78 is 5.00. The lowest BCUT2D eigenvalue weighted by atomic mass is 10.9. The van der Waals surface area contributed by atoms with E-state index in [0.29, 0.717) is 12.8 Å². The Labute approximate surface area is 60.3 Å². The van der Waals surface area contributed by atoms with Gasteiger partial charge in [-0.15, -0.1) is 22.2 Å². The minimum Gasteiger partial charge on any atom is -0.382 e. The molecule has 0 saturated heterocycles. The molecule has 0 heterocycles. The van der Waals surface area contributed by atoms with Crippen LogP contribution in [0.5, 0.6) is 0 Å². The zero-order valence-electron chi connectivity index (χ0n) is 5.08.